The Labute approximate surface area is 235 Å². The maximum atomic E-state index is 14.8. The predicted molar refractivity (Wildman–Crippen MR) is 139 cm³/mol. The van der Waals surface area contributed by atoms with Crippen LogP contribution >= 0.6 is 0 Å². The average molecular weight is 589 g/mol. The zero-order valence-corrected chi connectivity index (χ0v) is 22.8. The molecule has 4 amide bonds. The van der Waals surface area contributed by atoms with Crippen LogP contribution in [0.4, 0.5) is 32.0 Å². The summed E-state index contributed by atoms with van der Waals surface area (Å²) < 4.78 is 85.7. The van der Waals surface area contributed by atoms with E-state index in [1.165, 1.54) is 27.8 Å². The number of halogens is 6. The zero-order valence-electron chi connectivity index (χ0n) is 22.8. The van der Waals surface area contributed by atoms with Crippen LogP contribution in [0.3, 0.4) is 0 Å². The molecule has 0 aromatic heterocycles. The Bertz CT molecular complexity index is 1760. The lowest BCUT2D eigenvalue weighted by Gasteiger charge is -2.33. The first-order valence-corrected chi connectivity index (χ1v) is 12.6. The molecule has 0 saturated carbocycles. The highest BCUT2D eigenvalue weighted by molar-refractivity contribution is 6.34. The van der Waals surface area contributed by atoms with E-state index in [0.29, 0.717) is 11.0 Å². The van der Waals surface area contributed by atoms with Crippen molar-refractivity contribution in [2.45, 2.75) is 45.5 Å². The highest BCUT2D eigenvalue weighted by atomic mass is 19.4. The number of alkyl halides is 6. The van der Waals surface area contributed by atoms with Gasteiger partial charge in [-0.1, -0.05) is 12.1 Å². The van der Waals surface area contributed by atoms with E-state index in [4.69, 9.17) is 0 Å². The van der Waals surface area contributed by atoms with Crippen LogP contribution in [0.25, 0.3) is 0 Å². The summed E-state index contributed by atoms with van der Waals surface area (Å²) in [5.74, 6) is -3.47. The number of anilines is 1. The van der Waals surface area contributed by atoms with Gasteiger partial charge in [0.15, 0.2) is 0 Å². The summed E-state index contributed by atoms with van der Waals surface area (Å²) in [5, 5.41) is 0. The Kier molecular flexibility index (Phi) is 6.23. The lowest BCUT2D eigenvalue weighted by atomic mass is 9.74. The fourth-order valence-corrected chi connectivity index (χ4v) is 5.49. The van der Waals surface area contributed by atoms with Crippen molar-refractivity contribution < 1.29 is 45.5 Å². The molecule has 0 spiro atoms. The molecular formula is C30H22F6N2O4. The van der Waals surface area contributed by atoms with Gasteiger partial charge in [0, 0.05) is 7.05 Å². The van der Waals surface area contributed by atoms with Crippen molar-refractivity contribution in [3.8, 4) is 0 Å². The maximum Gasteiger partial charge on any atom is 0.416 e. The van der Waals surface area contributed by atoms with Gasteiger partial charge < -0.3 is 0 Å². The third-order valence-electron chi connectivity index (χ3n) is 8.44. The van der Waals surface area contributed by atoms with Crippen molar-refractivity contribution in [3.63, 3.8) is 0 Å². The van der Waals surface area contributed by atoms with E-state index in [2.05, 4.69) is 0 Å². The minimum Gasteiger partial charge on any atom is -0.277 e. The second kappa shape index (κ2) is 9.01. The highest BCUT2D eigenvalue weighted by Crippen LogP contribution is 2.48. The smallest absolute Gasteiger partial charge is 0.277 e. The lowest BCUT2D eigenvalue weighted by molar-refractivity contribution is -0.173. The molecule has 3 aromatic rings. The molecule has 218 valence electrons. The number of nitrogens with zero attached hydrogens (tertiary/aromatic N) is 2. The Hall–Kier alpha value is -4.48. The Morgan fingerprint density at radius 1 is 0.595 bits per heavy atom. The van der Waals surface area contributed by atoms with Gasteiger partial charge in [0.05, 0.1) is 33.5 Å². The van der Waals surface area contributed by atoms with Crippen LogP contribution in [0.2, 0.25) is 0 Å². The molecule has 12 heteroatoms. The van der Waals surface area contributed by atoms with Gasteiger partial charge in [-0.3, -0.25) is 24.1 Å². The Balaban J connectivity index is 1.65. The van der Waals surface area contributed by atoms with Gasteiger partial charge in [-0.15, -0.1) is 0 Å². The topological polar surface area (TPSA) is 74.8 Å². The Morgan fingerprint density at radius 3 is 1.55 bits per heavy atom. The largest absolute Gasteiger partial charge is 0.416 e. The van der Waals surface area contributed by atoms with Crippen molar-refractivity contribution in [2.75, 3.05) is 11.9 Å². The highest BCUT2D eigenvalue weighted by Gasteiger charge is 2.55. The van der Waals surface area contributed by atoms with Crippen molar-refractivity contribution in [1.82, 2.24) is 4.90 Å². The summed E-state index contributed by atoms with van der Waals surface area (Å²) in [5.41, 5.74) is -5.59. The summed E-state index contributed by atoms with van der Waals surface area (Å²) in [6.45, 7) is 4.97. The van der Waals surface area contributed by atoms with Gasteiger partial charge in [0.2, 0.25) is 0 Å². The van der Waals surface area contributed by atoms with Crippen molar-refractivity contribution >= 4 is 29.3 Å². The summed E-state index contributed by atoms with van der Waals surface area (Å²) in [4.78, 5) is 52.9. The number of hydrogen-bond donors (Lipinski definition) is 0. The molecule has 5 rings (SSSR count). The Morgan fingerprint density at radius 2 is 1.05 bits per heavy atom. The first kappa shape index (κ1) is 29.0. The number of rotatable bonds is 3. The molecule has 0 radical (unpaired) electrons. The SMILES string of the molecule is Cc1c(N2C(=O)c3ccc(C(C)(c4ccc5c(c4)C(=O)N(C)C5=O)C(F)(F)F)cc3C2=O)cc(C(F)(F)F)c(C)c1C. The fraction of sp³-hybridized carbons (Fsp3) is 0.267. The van der Waals surface area contributed by atoms with E-state index in [0.717, 1.165) is 48.2 Å². The summed E-state index contributed by atoms with van der Waals surface area (Å²) in [6, 6.07) is 6.82. The van der Waals surface area contributed by atoms with E-state index in [9.17, 15) is 45.5 Å². The van der Waals surface area contributed by atoms with E-state index in [1.54, 1.807) is 0 Å². The molecule has 0 aliphatic carbocycles. The maximum absolute atomic E-state index is 14.8. The summed E-state index contributed by atoms with van der Waals surface area (Å²) >= 11 is 0. The normalized spacial score (nSPS) is 16.7. The standard InChI is InChI=1S/C30H22F6N2O4/c1-13-14(2)22(29(31,32)33)12-23(15(13)3)38-26(41)19-9-7-17(11-21(19)27(38)42)28(4,30(34,35)36)16-6-8-18-20(10-16)25(40)37(5)24(18)39/h6-12H,1-5H3. The van der Waals surface area contributed by atoms with Crippen LogP contribution in [0.5, 0.6) is 0 Å². The van der Waals surface area contributed by atoms with Gasteiger partial charge in [-0.2, -0.15) is 26.3 Å². The molecule has 0 saturated heterocycles. The molecule has 0 fully saturated rings. The monoisotopic (exact) mass is 588 g/mol. The summed E-state index contributed by atoms with van der Waals surface area (Å²) in [6.07, 6.45) is -9.76. The molecular weight excluding hydrogens is 566 g/mol. The molecule has 0 N–H and O–H groups in total. The molecule has 2 aliphatic rings. The number of hydrogen-bond acceptors (Lipinski definition) is 4. The van der Waals surface area contributed by atoms with Crippen LogP contribution in [0.15, 0.2) is 42.5 Å². The van der Waals surface area contributed by atoms with Gasteiger partial charge in [0.25, 0.3) is 23.6 Å². The zero-order chi connectivity index (χ0) is 31.3. The molecule has 1 unspecified atom stereocenters. The van der Waals surface area contributed by atoms with E-state index < -0.39 is 63.7 Å². The number of fused-ring (bicyclic) bond motifs is 2. The second-order valence-corrected chi connectivity index (χ2v) is 10.6. The van der Waals surface area contributed by atoms with Crippen molar-refractivity contribution in [3.05, 3.63) is 98.1 Å². The van der Waals surface area contributed by atoms with Gasteiger partial charge >= 0.3 is 12.4 Å². The van der Waals surface area contributed by atoms with Crippen LogP contribution in [-0.2, 0) is 11.6 Å². The van der Waals surface area contributed by atoms with Gasteiger partial charge in [-0.25, -0.2) is 4.90 Å². The van der Waals surface area contributed by atoms with Crippen LogP contribution < -0.4 is 4.90 Å². The average Bonchev–Trinajstić information content (AvgIpc) is 3.29. The second-order valence-electron chi connectivity index (χ2n) is 10.6. The number of benzene rings is 3. The third kappa shape index (κ3) is 3.87. The quantitative estimate of drug-likeness (QED) is 0.258. The van der Waals surface area contributed by atoms with E-state index in [1.807, 2.05) is 0 Å². The number of carbonyl (C=O) groups is 4. The van der Waals surface area contributed by atoms with Crippen LogP contribution in [-0.4, -0.2) is 41.8 Å². The molecule has 1 atom stereocenters. The first-order valence-electron chi connectivity index (χ1n) is 12.6. The first-order chi connectivity index (χ1) is 19.3. The molecule has 42 heavy (non-hydrogen) atoms. The van der Waals surface area contributed by atoms with Crippen LogP contribution in [0, 0.1) is 20.8 Å². The predicted octanol–water partition coefficient (Wildman–Crippen LogP) is 6.53. The number of carbonyl (C=O) groups excluding carboxylic acids is 4. The number of imide groups is 2. The lowest BCUT2D eigenvalue weighted by Crippen LogP contribution is -2.41. The van der Waals surface area contributed by atoms with Crippen LogP contribution in [0.1, 0.15) is 81.7 Å². The van der Waals surface area contributed by atoms with Crippen molar-refractivity contribution in [2.24, 2.45) is 0 Å². The fourth-order valence-electron chi connectivity index (χ4n) is 5.49. The van der Waals surface area contributed by atoms with E-state index >= 15 is 0 Å². The molecule has 2 heterocycles. The van der Waals surface area contributed by atoms with Gasteiger partial charge in [-0.05, 0) is 85.8 Å². The summed E-state index contributed by atoms with van der Waals surface area (Å²) in [7, 11) is 1.21. The van der Waals surface area contributed by atoms with Crippen molar-refractivity contribution in [1.29, 1.82) is 0 Å². The van der Waals surface area contributed by atoms with Gasteiger partial charge in [0.1, 0.15) is 5.41 Å². The number of amides is 4. The minimum atomic E-state index is -4.98. The molecule has 3 aromatic carbocycles. The minimum absolute atomic E-state index is 0.0527. The molecule has 6 nitrogen and oxygen atoms in total. The third-order valence-corrected chi connectivity index (χ3v) is 8.44. The van der Waals surface area contributed by atoms with E-state index in [-0.39, 0.29) is 39.1 Å². The molecule has 2 aliphatic heterocycles. The molecule has 0 bridgehead atoms.